The minimum atomic E-state index is -0.613. The van der Waals surface area contributed by atoms with Crippen molar-refractivity contribution in [3.63, 3.8) is 0 Å². The average Bonchev–Trinajstić information content (AvgIpc) is 2.92. The maximum absolute atomic E-state index is 11.7. The van der Waals surface area contributed by atoms with E-state index in [2.05, 4.69) is 26.3 Å². The quantitative estimate of drug-likeness (QED) is 0.683. The number of amides is 1. The third-order valence-electron chi connectivity index (χ3n) is 2.37. The van der Waals surface area contributed by atoms with Gasteiger partial charge in [-0.2, -0.15) is 4.68 Å². The molecule has 0 radical (unpaired) electrons. The molecule has 0 saturated carbocycles. The number of hydrogen-bond acceptors (Lipinski definition) is 5. The summed E-state index contributed by atoms with van der Waals surface area (Å²) in [5, 5.41) is 17.0. The number of aromatic nitrogens is 2. The number of nitrogens with one attached hydrogen (secondary N) is 1. The van der Waals surface area contributed by atoms with Crippen LogP contribution in [0.4, 0.5) is 11.7 Å². The van der Waals surface area contributed by atoms with Crippen molar-refractivity contribution in [1.82, 2.24) is 9.78 Å². The summed E-state index contributed by atoms with van der Waals surface area (Å²) >= 11 is 3.08. The Morgan fingerprint density at radius 2 is 2.42 bits per heavy atom. The van der Waals surface area contributed by atoms with E-state index in [9.17, 15) is 14.9 Å². The Morgan fingerprint density at radius 1 is 1.68 bits per heavy atom. The van der Waals surface area contributed by atoms with Gasteiger partial charge in [0.1, 0.15) is 11.0 Å². The van der Waals surface area contributed by atoms with E-state index >= 15 is 0 Å². The number of nitro groups is 1. The van der Waals surface area contributed by atoms with Crippen molar-refractivity contribution < 1.29 is 14.1 Å². The molecule has 2 aromatic rings. The first-order valence-electron chi connectivity index (χ1n) is 5.19. The van der Waals surface area contributed by atoms with Gasteiger partial charge < -0.3 is 14.5 Å². The van der Waals surface area contributed by atoms with Gasteiger partial charge in [0, 0.05) is 6.07 Å². The molecule has 0 aliphatic rings. The van der Waals surface area contributed by atoms with Crippen LogP contribution in [0.25, 0.3) is 0 Å². The second-order valence-corrected chi connectivity index (χ2v) is 4.46. The van der Waals surface area contributed by atoms with Gasteiger partial charge in [-0.25, -0.2) is 0 Å². The maximum Gasteiger partial charge on any atom is 0.404 e. The molecule has 2 heterocycles. The standard InChI is InChI=1S/C10H9BrN4O4/c1-6-9(11)10(15(17)18)13-14(6)5-7(16)12-8-3-2-4-19-8/h2-4H,5H2,1H3,(H,12,16). The van der Waals surface area contributed by atoms with Gasteiger partial charge in [0.2, 0.25) is 5.91 Å². The second kappa shape index (κ2) is 5.22. The number of halogens is 1. The number of hydrogen-bond donors (Lipinski definition) is 1. The molecule has 0 aliphatic heterocycles. The number of furan rings is 1. The highest BCUT2D eigenvalue weighted by Gasteiger charge is 2.24. The van der Waals surface area contributed by atoms with E-state index in [1.165, 1.54) is 10.9 Å². The number of carbonyl (C=O) groups is 1. The molecule has 0 unspecified atom stereocenters. The predicted octanol–water partition coefficient (Wildman–Crippen LogP) is 2.09. The molecular formula is C10H9BrN4O4. The molecule has 0 atom stereocenters. The molecule has 9 heteroatoms. The Bertz CT molecular complexity index is 620. The third kappa shape index (κ3) is 2.81. The molecule has 0 aromatic carbocycles. The average molecular weight is 329 g/mol. The number of carbonyl (C=O) groups excluding carboxylic acids is 1. The van der Waals surface area contributed by atoms with Gasteiger partial charge in [0.15, 0.2) is 5.88 Å². The van der Waals surface area contributed by atoms with Crippen LogP contribution in [0.1, 0.15) is 5.69 Å². The molecule has 100 valence electrons. The van der Waals surface area contributed by atoms with E-state index < -0.39 is 4.92 Å². The zero-order valence-electron chi connectivity index (χ0n) is 9.79. The molecule has 0 saturated heterocycles. The predicted molar refractivity (Wildman–Crippen MR) is 68.7 cm³/mol. The second-order valence-electron chi connectivity index (χ2n) is 3.66. The van der Waals surface area contributed by atoms with Crippen LogP contribution < -0.4 is 5.32 Å². The van der Waals surface area contributed by atoms with Crippen LogP contribution in [0.3, 0.4) is 0 Å². The van der Waals surface area contributed by atoms with Crippen LogP contribution in [0.5, 0.6) is 0 Å². The van der Waals surface area contributed by atoms with Gasteiger partial charge in [-0.15, -0.1) is 0 Å². The first-order chi connectivity index (χ1) is 8.99. The summed E-state index contributed by atoms with van der Waals surface area (Å²) in [6.45, 7) is 1.49. The van der Waals surface area contributed by atoms with Gasteiger partial charge >= 0.3 is 5.82 Å². The smallest absolute Gasteiger partial charge is 0.404 e. The molecule has 2 rings (SSSR count). The Labute approximate surface area is 115 Å². The lowest BCUT2D eigenvalue weighted by atomic mass is 10.4. The zero-order valence-corrected chi connectivity index (χ0v) is 11.4. The van der Waals surface area contributed by atoms with Crippen molar-refractivity contribution in [2.24, 2.45) is 0 Å². The third-order valence-corrected chi connectivity index (χ3v) is 3.30. The summed E-state index contributed by atoms with van der Waals surface area (Å²) in [7, 11) is 0. The topological polar surface area (TPSA) is 103 Å². The summed E-state index contributed by atoms with van der Waals surface area (Å²) in [6.07, 6.45) is 1.43. The molecule has 0 aliphatic carbocycles. The molecule has 1 amide bonds. The Hall–Kier alpha value is -2.16. The van der Waals surface area contributed by atoms with Crippen LogP contribution >= 0.6 is 15.9 Å². The molecule has 19 heavy (non-hydrogen) atoms. The lowest BCUT2D eigenvalue weighted by Crippen LogP contribution is -2.20. The fourth-order valence-corrected chi connectivity index (χ4v) is 1.87. The van der Waals surface area contributed by atoms with Gasteiger partial charge in [-0.3, -0.25) is 10.1 Å². The minimum Gasteiger partial charge on any atom is -0.449 e. The van der Waals surface area contributed by atoms with Crippen LogP contribution in [0.15, 0.2) is 27.3 Å². The lowest BCUT2D eigenvalue weighted by Gasteiger charge is -2.00. The number of nitrogens with zero attached hydrogens (tertiary/aromatic N) is 3. The van der Waals surface area contributed by atoms with Crippen LogP contribution in [-0.2, 0) is 11.3 Å². The molecule has 1 N–H and O–H groups in total. The molecule has 0 bridgehead atoms. The van der Waals surface area contributed by atoms with Crippen molar-refractivity contribution >= 4 is 33.5 Å². The first-order valence-corrected chi connectivity index (χ1v) is 5.99. The van der Waals surface area contributed by atoms with Crippen LogP contribution in [0.2, 0.25) is 0 Å². The van der Waals surface area contributed by atoms with E-state index in [-0.39, 0.29) is 22.7 Å². The van der Waals surface area contributed by atoms with Gasteiger partial charge in [0.25, 0.3) is 0 Å². The lowest BCUT2D eigenvalue weighted by molar-refractivity contribution is -0.390. The van der Waals surface area contributed by atoms with E-state index in [1.54, 1.807) is 19.1 Å². The summed E-state index contributed by atoms with van der Waals surface area (Å²) < 4.78 is 6.48. The van der Waals surface area contributed by atoms with Gasteiger partial charge in [-0.05, 0) is 33.8 Å². The van der Waals surface area contributed by atoms with Crippen LogP contribution in [-0.4, -0.2) is 20.6 Å². The fraction of sp³-hybridized carbons (Fsp3) is 0.200. The van der Waals surface area contributed by atoms with Gasteiger partial charge in [-0.1, -0.05) is 0 Å². The highest BCUT2D eigenvalue weighted by Crippen LogP contribution is 2.26. The largest absolute Gasteiger partial charge is 0.449 e. The highest BCUT2D eigenvalue weighted by atomic mass is 79.9. The highest BCUT2D eigenvalue weighted by molar-refractivity contribution is 9.10. The monoisotopic (exact) mass is 328 g/mol. The van der Waals surface area contributed by atoms with E-state index in [4.69, 9.17) is 4.42 Å². The molecule has 8 nitrogen and oxygen atoms in total. The SMILES string of the molecule is Cc1c(Br)c([N+](=O)[O-])nn1CC(=O)Nc1ccco1. The summed E-state index contributed by atoms with van der Waals surface area (Å²) in [5.74, 6) is -0.394. The normalized spacial score (nSPS) is 10.4. The fourth-order valence-electron chi connectivity index (χ4n) is 1.44. The van der Waals surface area contributed by atoms with Crippen LogP contribution in [0, 0.1) is 17.0 Å². The van der Waals surface area contributed by atoms with Crippen molar-refractivity contribution in [2.45, 2.75) is 13.5 Å². The Balaban J connectivity index is 2.13. The molecule has 2 aromatic heterocycles. The van der Waals surface area contributed by atoms with Crippen molar-refractivity contribution in [3.8, 4) is 0 Å². The van der Waals surface area contributed by atoms with Crippen molar-refractivity contribution in [3.05, 3.63) is 38.7 Å². The van der Waals surface area contributed by atoms with E-state index in [1.807, 2.05) is 0 Å². The van der Waals surface area contributed by atoms with E-state index in [0.29, 0.717) is 11.6 Å². The summed E-state index contributed by atoms with van der Waals surface area (Å²) in [4.78, 5) is 21.8. The number of rotatable bonds is 4. The molecule has 0 spiro atoms. The maximum atomic E-state index is 11.7. The Kier molecular flexibility index (Phi) is 3.65. The summed E-state index contributed by atoms with van der Waals surface area (Å²) in [5.41, 5.74) is 0.501. The molecular weight excluding hydrogens is 320 g/mol. The first kappa shape index (κ1) is 13.3. The Morgan fingerprint density at radius 3 is 2.95 bits per heavy atom. The van der Waals surface area contributed by atoms with Gasteiger partial charge in [0.05, 0.1) is 17.1 Å². The van der Waals surface area contributed by atoms with Crippen molar-refractivity contribution in [2.75, 3.05) is 5.32 Å². The number of anilines is 1. The van der Waals surface area contributed by atoms with E-state index in [0.717, 1.165) is 0 Å². The zero-order chi connectivity index (χ0) is 14.0. The summed E-state index contributed by atoms with van der Waals surface area (Å²) in [6, 6.07) is 3.22. The minimum absolute atomic E-state index is 0.140. The molecule has 0 fully saturated rings. The van der Waals surface area contributed by atoms with Crippen molar-refractivity contribution in [1.29, 1.82) is 0 Å².